The van der Waals surface area contributed by atoms with Crippen molar-refractivity contribution in [2.24, 2.45) is 5.73 Å². The lowest BCUT2D eigenvalue weighted by Gasteiger charge is -2.01. The largest absolute Gasteiger partial charge is 0.379 e. The molecule has 0 aliphatic carbocycles. The number of hydrogen-bond donors (Lipinski definition) is 2. The van der Waals surface area contributed by atoms with Crippen molar-refractivity contribution < 1.29 is 8.78 Å². The Labute approximate surface area is 78.6 Å². The van der Waals surface area contributed by atoms with E-state index in [0.717, 1.165) is 30.0 Å². The van der Waals surface area contributed by atoms with E-state index in [4.69, 9.17) is 11.1 Å². The summed E-state index contributed by atoms with van der Waals surface area (Å²) < 4.78 is 25.5. The zero-order valence-electron chi connectivity index (χ0n) is 6.68. The second-order valence-electron chi connectivity index (χ2n) is 2.39. The molecule has 0 atom stereocenters. The molecule has 0 bridgehead atoms. The van der Waals surface area contributed by atoms with Crippen LogP contribution in [0.3, 0.4) is 0 Å². The molecule has 5 heteroatoms. The van der Waals surface area contributed by atoms with Crippen LogP contribution in [0.25, 0.3) is 0 Å². The SMILES string of the molecule is N=C(N)SCc1cc(F)ccc1F. The van der Waals surface area contributed by atoms with E-state index >= 15 is 0 Å². The fourth-order valence-electron chi connectivity index (χ4n) is 0.809. The number of halogens is 2. The first kappa shape index (κ1) is 9.98. The second kappa shape index (κ2) is 4.23. The van der Waals surface area contributed by atoms with Gasteiger partial charge in [-0.25, -0.2) is 8.78 Å². The first-order valence-corrected chi connectivity index (χ1v) is 4.49. The van der Waals surface area contributed by atoms with E-state index in [0.29, 0.717) is 0 Å². The van der Waals surface area contributed by atoms with Crippen molar-refractivity contribution in [2.75, 3.05) is 0 Å². The molecule has 0 saturated heterocycles. The topological polar surface area (TPSA) is 49.9 Å². The molecular formula is C8H8F2N2S. The van der Waals surface area contributed by atoms with E-state index in [-0.39, 0.29) is 16.5 Å². The minimum atomic E-state index is -0.486. The number of amidine groups is 1. The monoisotopic (exact) mass is 202 g/mol. The minimum Gasteiger partial charge on any atom is -0.379 e. The molecule has 1 rings (SSSR count). The predicted molar refractivity (Wildman–Crippen MR) is 49.6 cm³/mol. The van der Waals surface area contributed by atoms with Crippen molar-refractivity contribution in [2.45, 2.75) is 5.75 Å². The minimum absolute atomic E-state index is 0.108. The zero-order valence-corrected chi connectivity index (χ0v) is 7.50. The Hall–Kier alpha value is -1.10. The van der Waals surface area contributed by atoms with Gasteiger partial charge < -0.3 is 5.73 Å². The van der Waals surface area contributed by atoms with E-state index in [1.54, 1.807) is 0 Å². The molecule has 0 amide bonds. The van der Waals surface area contributed by atoms with Gasteiger partial charge in [-0.2, -0.15) is 0 Å². The van der Waals surface area contributed by atoms with E-state index < -0.39 is 11.6 Å². The summed E-state index contributed by atoms with van der Waals surface area (Å²) in [7, 11) is 0. The van der Waals surface area contributed by atoms with Crippen LogP contribution in [0.15, 0.2) is 18.2 Å². The molecule has 1 aromatic carbocycles. The molecule has 0 heterocycles. The highest BCUT2D eigenvalue weighted by atomic mass is 32.2. The van der Waals surface area contributed by atoms with Gasteiger partial charge in [-0.05, 0) is 18.2 Å². The fraction of sp³-hybridized carbons (Fsp3) is 0.125. The van der Waals surface area contributed by atoms with Gasteiger partial charge in [0.05, 0.1) is 0 Å². The molecule has 70 valence electrons. The quantitative estimate of drug-likeness (QED) is 0.570. The highest BCUT2D eigenvalue weighted by Gasteiger charge is 2.04. The first-order chi connectivity index (χ1) is 6.09. The summed E-state index contributed by atoms with van der Waals surface area (Å²) in [6, 6.07) is 3.22. The normalized spacial score (nSPS) is 10.0. The van der Waals surface area contributed by atoms with Gasteiger partial charge in [0.25, 0.3) is 0 Å². The smallest absolute Gasteiger partial charge is 0.151 e. The van der Waals surface area contributed by atoms with Gasteiger partial charge in [-0.1, -0.05) is 11.8 Å². The Morgan fingerprint density at radius 3 is 2.77 bits per heavy atom. The lowest BCUT2D eigenvalue weighted by Crippen LogP contribution is -2.04. The van der Waals surface area contributed by atoms with Crippen LogP contribution in [-0.4, -0.2) is 5.17 Å². The molecule has 0 aromatic heterocycles. The van der Waals surface area contributed by atoms with Crippen LogP contribution in [0.2, 0.25) is 0 Å². The van der Waals surface area contributed by atoms with Crippen LogP contribution in [0.1, 0.15) is 5.56 Å². The number of nitrogens with one attached hydrogen (secondary N) is 1. The molecule has 0 radical (unpaired) electrons. The molecule has 13 heavy (non-hydrogen) atoms. The van der Waals surface area contributed by atoms with E-state index in [1.807, 2.05) is 0 Å². The third-order valence-corrected chi connectivity index (χ3v) is 2.16. The molecule has 0 aliphatic rings. The summed E-state index contributed by atoms with van der Waals surface area (Å²) >= 11 is 0.962. The number of thioether (sulfide) groups is 1. The molecule has 1 aromatic rings. The van der Waals surface area contributed by atoms with Crippen molar-refractivity contribution in [1.29, 1.82) is 5.41 Å². The maximum absolute atomic E-state index is 12.9. The second-order valence-corrected chi connectivity index (χ2v) is 3.41. The summed E-state index contributed by atoms with van der Waals surface area (Å²) in [6.45, 7) is 0. The van der Waals surface area contributed by atoms with E-state index in [2.05, 4.69) is 0 Å². The number of nitrogens with two attached hydrogens (primary N) is 1. The maximum atomic E-state index is 12.9. The van der Waals surface area contributed by atoms with Crippen LogP contribution in [-0.2, 0) is 5.75 Å². The highest BCUT2D eigenvalue weighted by molar-refractivity contribution is 8.13. The Morgan fingerprint density at radius 2 is 2.15 bits per heavy atom. The first-order valence-electron chi connectivity index (χ1n) is 3.50. The average Bonchev–Trinajstić information content (AvgIpc) is 2.06. The van der Waals surface area contributed by atoms with Crippen molar-refractivity contribution in [3.05, 3.63) is 35.4 Å². The summed E-state index contributed by atoms with van der Waals surface area (Å²) in [5.41, 5.74) is 5.28. The van der Waals surface area contributed by atoms with Crippen LogP contribution in [0.5, 0.6) is 0 Å². The van der Waals surface area contributed by atoms with Crippen molar-refractivity contribution in [3.8, 4) is 0 Å². The average molecular weight is 202 g/mol. The molecule has 0 aliphatic heterocycles. The molecule has 0 saturated carbocycles. The number of benzene rings is 1. The lowest BCUT2D eigenvalue weighted by atomic mass is 10.2. The fourth-order valence-corrected chi connectivity index (χ4v) is 1.34. The summed E-state index contributed by atoms with van der Waals surface area (Å²) in [5, 5.41) is 6.78. The van der Waals surface area contributed by atoms with E-state index in [1.165, 1.54) is 0 Å². The summed E-state index contributed by atoms with van der Waals surface area (Å²) in [5.74, 6) is -0.783. The molecule has 0 spiro atoms. The van der Waals surface area contributed by atoms with Gasteiger partial charge in [-0.3, -0.25) is 5.41 Å². The molecule has 0 fully saturated rings. The maximum Gasteiger partial charge on any atom is 0.151 e. The zero-order chi connectivity index (χ0) is 9.84. The van der Waals surface area contributed by atoms with Crippen LogP contribution < -0.4 is 5.73 Å². The Balaban J connectivity index is 2.75. The third kappa shape index (κ3) is 3.02. The summed E-state index contributed by atoms with van der Waals surface area (Å²) in [4.78, 5) is 0. The van der Waals surface area contributed by atoms with Gasteiger partial charge in [0.2, 0.25) is 0 Å². The number of hydrogen-bond acceptors (Lipinski definition) is 2. The van der Waals surface area contributed by atoms with Gasteiger partial charge in [0.15, 0.2) is 5.17 Å². The number of rotatable bonds is 2. The standard InChI is InChI=1S/C8H8F2N2S/c9-6-1-2-7(10)5(3-6)4-13-8(11)12/h1-3H,4H2,(H3,11,12). The van der Waals surface area contributed by atoms with Crippen LogP contribution in [0, 0.1) is 17.0 Å². The van der Waals surface area contributed by atoms with E-state index in [9.17, 15) is 8.78 Å². The lowest BCUT2D eigenvalue weighted by molar-refractivity contribution is 0.591. The predicted octanol–water partition coefficient (Wildman–Crippen LogP) is 2.09. The van der Waals surface area contributed by atoms with Gasteiger partial charge >= 0.3 is 0 Å². The molecule has 2 nitrogen and oxygen atoms in total. The highest BCUT2D eigenvalue weighted by Crippen LogP contribution is 2.16. The van der Waals surface area contributed by atoms with Crippen molar-refractivity contribution in [1.82, 2.24) is 0 Å². The van der Waals surface area contributed by atoms with Gasteiger partial charge in [0, 0.05) is 11.3 Å². The third-order valence-electron chi connectivity index (χ3n) is 1.39. The van der Waals surface area contributed by atoms with Gasteiger partial charge in [0.1, 0.15) is 11.6 Å². The van der Waals surface area contributed by atoms with Crippen LogP contribution in [0.4, 0.5) is 8.78 Å². The van der Waals surface area contributed by atoms with Crippen LogP contribution >= 0.6 is 11.8 Å². The van der Waals surface area contributed by atoms with Gasteiger partial charge in [-0.15, -0.1) is 0 Å². The Bertz CT molecular complexity index is 328. The Kier molecular flexibility index (Phi) is 3.25. The van der Waals surface area contributed by atoms with Crippen molar-refractivity contribution in [3.63, 3.8) is 0 Å². The summed E-state index contributed by atoms with van der Waals surface area (Å²) in [6.07, 6.45) is 0. The molecule has 3 N–H and O–H groups in total. The Morgan fingerprint density at radius 1 is 1.46 bits per heavy atom. The molecular weight excluding hydrogens is 194 g/mol. The molecule has 0 unspecified atom stereocenters. The van der Waals surface area contributed by atoms with Crippen molar-refractivity contribution >= 4 is 16.9 Å².